The van der Waals surface area contributed by atoms with Crippen molar-refractivity contribution in [3.05, 3.63) is 140 Å². The molecule has 2 aromatic heterocycles. The third-order valence-electron chi connectivity index (χ3n) is 9.08. The Morgan fingerprint density at radius 3 is 1.91 bits per heavy atom. The molecule has 0 saturated heterocycles. The summed E-state index contributed by atoms with van der Waals surface area (Å²) in [5, 5.41) is 12.6. The lowest BCUT2D eigenvalue weighted by molar-refractivity contribution is 1.08. The van der Waals surface area contributed by atoms with Crippen LogP contribution in [-0.4, -0.2) is 14.5 Å². The van der Waals surface area contributed by atoms with Crippen LogP contribution in [0.2, 0.25) is 0 Å². The highest BCUT2D eigenvalue weighted by molar-refractivity contribution is 6.39. The molecule has 0 aliphatic carbocycles. The van der Waals surface area contributed by atoms with Gasteiger partial charge in [0.15, 0.2) is 5.82 Å². The first-order valence-electron chi connectivity index (χ1n) is 14.7. The van der Waals surface area contributed by atoms with Crippen molar-refractivity contribution >= 4 is 75.9 Å². The van der Waals surface area contributed by atoms with Crippen LogP contribution < -0.4 is 0 Å². The van der Waals surface area contributed by atoms with E-state index in [2.05, 4.69) is 132 Å². The van der Waals surface area contributed by atoms with Gasteiger partial charge in [-0.15, -0.1) is 0 Å². The van der Waals surface area contributed by atoms with Crippen molar-refractivity contribution in [1.29, 1.82) is 0 Å². The Hall–Kier alpha value is -5.80. The van der Waals surface area contributed by atoms with Crippen molar-refractivity contribution < 1.29 is 0 Å². The van der Waals surface area contributed by atoms with E-state index in [9.17, 15) is 0 Å². The minimum Gasteiger partial charge on any atom is -0.292 e. The van der Waals surface area contributed by atoms with Gasteiger partial charge in [0.05, 0.1) is 22.1 Å². The van der Waals surface area contributed by atoms with Crippen LogP contribution in [0.15, 0.2) is 140 Å². The SMILES string of the molecule is c1ccc2cc(-c3nc4ccccc4nc3-n3c4cccc5c6ccccc6c6c7ccccc7cc3c6c54)ccc2c1. The first kappa shape index (κ1) is 22.8. The second kappa shape index (κ2) is 8.37. The van der Waals surface area contributed by atoms with Crippen molar-refractivity contribution in [2.75, 3.05) is 0 Å². The maximum atomic E-state index is 5.38. The molecule has 43 heavy (non-hydrogen) atoms. The summed E-state index contributed by atoms with van der Waals surface area (Å²) < 4.78 is 2.36. The zero-order valence-electron chi connectivity index (χ0n) is 23.1. The average Bonchev–Trinajstić information content (AvgIpc) is 3.40. The molecule has 3 heteroatoms. The number of rotatable bonds is 2. The van der Waals surface area contributed by atoms with E-state index in [1.165, 1.54) is 53.9 Å². The van der Waals surface area contributed by atoms with Gasteiger partial charge < -0.3 is 0 Å². The molecule has 0 saturated carbocycles. The van der Waals surface area contributed by atoms with Crippen molar-refractivity contribution in [1.82, 2.24) is 14.5 Å². The standard InChI is InChI=1S/C40H23N3/c1-2-11-25-22-27(21-20-24(25)10-1)39-40(42-33-18-8-7-17-32(33)41-39)43-34-19-9-16-31-29-14-5-6-15-30(29)36-28-13-4-3-12-26(28)23-35(43)38(36)37(31)34/h1-23H. The van der Waals surface area contributed by atoms with Crippen LogP contribution in [0.5, 0.6) is 0 Å². The highest BCUT2D eigenvalue weighted by Gasteiger charge is 2.24. The summed E-state index contributed by atoms with van der Waals surface area (Å²) in [5.74, 6) is 0.846. The van der Waals surface area contributed by atoms with Crippen LogP contribution in [0.4, 0.5) is 0 Å². The molecule has 8 aromatic carbocycles. The highest BCUT2D eigenvalue weighted by atomic mass is 15.1. The highest BCUT2D eigenvalue weighted by Crippen LogP contribution is 2.47. The lowest BCUT2D eigenvalue weighted by atomic mass is 9.91. The lowest BCUT2D eigenvalue weighted by Gasteiger charge is -2.14. The molecule has 2 heterocycles. The van der Waals surface area contributed by atoms with Gasteiger partial charge in [-0.1, -0.05) is 109 Å². The van der Waals surface area contributed by atoms with Gasteiger partial charge in [0.25, 0.3) is 0 Å². The summed E-state index contributed by atoms with van der Waals surface area (Å²) in [5.41, 5.74) is 5.99. The van der Waals surface area contributed by atoms with Crippen molar-refractivity contribution in [3.8, 4) is 17.1 Å². The number of aromatic nitrogens is 3. The smallest absolute Gasteiger partial charge is 0.165 e. The summed E-state index contributed by atoms with van der Waals surface area (Å²) in [7, 11) is 0. The van der Waals surface area contributed by atoms with Gasteiger partial charge in [0, 0.05) is 21.7 Å². The Kier molecular flexibility index (Phi) is 4.45. The van der Waals surface area contributed by atoms with E-state index in [4.69, 9.17) is 9.97 Å². The van der Waals surface area contributed by atoms with Gasteiger partial charge in [-0.25, -0.2) is 9.97 Å². The van der Waals surface area contributed by atoms with E-state index < -0.39 is 0 Å². The molecule has 0 unspecified atom stereocenters. The fourth-order valence-corrected chi connectivity index (χ4v) is 7.23. The number of fused-ring (bicyclic) bond motifs is 7. The molecule has 0 spiro atoms. The Balaban J connectivity index is 1.44. The van der Waals surface area contributed by atoms with Crippen molar-refractivity contribution in [2.45, 2.75) is 0 Å². The number of hydrogen-bond acceptors (Lipinski definition) is 2. The topological polar surface area (TPSA) is 30.7 Å². The maximum Gasteiger partial charge on any atom is 0.165 e. The fourth-order valence-electron chi connectivity index (χ4n) is 7.23. The quantitative estimate of drug-likeness (QED) is 0.202. The van der Waals surface area contributed by atoms with Gasteiger partial charge in [-0.3, -0.25) is 4.57 Å². The molecule has 3 nitrogen and oxygen atoms in total. The van der Waals surface area contributed by atoms with Crippen LogP contribution in [0.3, 0.4) is 0 Å². The number of para-hydroxylation sites is 2. The normalized spacial score (nSPS) is 12.2. The molecule has 0 amide bonds. The minimum absolute atomic E-state index is 0.846. The fraction of sp³-hybridized carbons (Fsp3) is 0. The number of hydrogen-bond donors (Lipinski definition) is 0. The molecular formula is C40H23N3. The summed E-state index contributed by atoms with van der Waals surface area (Å²) in [6, 6.07) is 49.9. The first-order valence-corrected chi connectivity index (χ1v) is 14.7. The predicted molar refractivity (Wildman–Crippen MR) is 181 cm³/mol. The summed E-state index contributed by atoms with van der Waals surface area (Å²) in [4.78, 5) is 10.7. The van der Waals surface area contributed by atoms with Crippen LogP contribution in [0.25, 0.3) is 93.0 Å². The average molecular weight is 546 g/mol. The van der Waals surface area contributed by atoms with Gasteiger partial charge in [-0.05, 0) is 68.0 Å². The monoisotopic (exact) mass is 545 g/mol. The van der Waals surface area contributed by atoms with Crippen LogP contribution in [0.1, 0.15) is 0 Å². The van der Waals surface area contributed by atoms with Crippen LogP contribution in [0, 0.1) is 0 Å². The van der Waals surface area contributed by atoms with Crippen molar-refractivity contribution in [3.63, 3.8) is 0 Å². The Bertz CT molecular complexity index is 2730. The van der Waals surface area contributed by atoms with E-state index in [1.807, 2.05) is 12.1 Å². The molecule has 0 atom stereocenters. The summed E-state index contributed by atoms with van der Waals surface area (Å²) in [6.45, 7) is 0. The van der Waals surface area contributed by atoms with Gasteiger partial charge in [-0.2, -0.15) is 0 Å². The van der Waals surface area contributed by atoms with Crippen LogP contribution in [-0.2, 0) is 0 Å². The maximum absolute atomic E-state index is 5.38. The molecule has 0 fully saturated rings. The molecule has 10 rings (SSSR count). The number of nitrogens with zero attached hydrogens (tertiary/aromatic N) is 3. The minimum atomic E-state index is 0.846. The van der Waals surface area contributed by atoms with Crippen LogP contribution >= 0.6 is 0 Å². The Morgan fingerprint density at radius 2 is 1.05 bits per heavy atom. The van der Waals surface area contributed by atoms with E-state index in [0.29, 0.717) is 0 Å². The second-order valence-corrected chi connectivity index (χ2v) is 11.4. The molecular weight excluding hydrogens is 522 g/mol. The molecule has 10 aromatic rings. The molecule has 0 aliphatic rings. The van der Waals surface area contributed by atoms with Crippen molar-refractivity contribution in [2.24, 2.45) is 0 Å². The lowest BCUT2D eigenvalue weighted by Crippen LogP contribution is -2.03. The second-order valence-electron chi connectivity index (χ2n) is 11.4. The van der Waals surface area contributed by atoms with Gasteiger partial charge in [0.2, 0.25) is 0 Å². The zero-order valence-corrected chi connectivity index (χ0v) is 23.1. The van der Waals surface area contributed by atoms with E-state index in [0.717, 1.165) is 39.1 Å². The Labute approximate surface area is 246 Å². The largest absolute Gasteiger partial charge is 0.292 e. The number of benzene rings is 8. The third-order valence-corrected chi connectivity index (χ3v) is 9.08. The molecule has 198 valence electrons. The Morgan fingerprint density at radius 1 is 0.395 bits per heavy atom. The zero-order chi connectivity index (χ0) is 28.1. The molecule has 0 N–H and O–H groups in total. The first-order chi connectivity index (χ1) is 21.3. The summed E-state index contributed by atoms with van der Waals surface area (Å²) >= 11 is 0. The van der Waals surface area contributed by atoms with E-state index >= 15 is 0 Å². The van der Waals surface area contributed by atoms with E-state index in [-0.39, 0.29) is 0 Å². The van der Waals surface area contributed by atoms with Gasteiger partial charge in [0.1, 0.15) is 5.69 Å². The molecule has 0 radical (unpaired) electrons. The van der Waals surface area contributed by atoms with E-state index in [1.54, 1.807) is 0 Å². The molecule has 0 bridgehead atoms. The summed E-state index contributed by atoms with van der Waals surface area (Å²) in [6.07, 6.45) is 0. The predicted octanol–water partition coefficient (Wildman–Crippen LogP) is 10.4. The van der Waals surface area contributed by atoms with Gasteiger partial charge >= 0.3 is 0 Å². The third kappa shape index (κ3) is 3.08. The molecule has 0 aliphatic heterocycles.